The molecule has 0 N–H and O–H groups in total. The van der Waals surface area contributed by atoms with E-state index in [1.165, 1.54) is 0 Å². The number of hydrogen-bond donors (Lipinski definition) is 0. The molecule has 1 unspecified atom stereocenters. The highest BCUT2D eigenvalue weighted by molar-refractivity contribution is 5.14. The Morgan fingerprint density at radius 2 is 2.33 bits per heavy atom. The maximum atomic E-state index is 8.45. The van der Waals surface area contributed by atoms with Gasteiger partial charge < -0.3 is 0 Å². The monoisotopic (exact) mass is 120 g/mol. The Hall–Kier alpha value is -1.23. The minimum Gasteiger partial charge on any atom is -0.280 e. The minimum atomic E-state index is 0.222. The lowest BCUT2D eigenvalue weighted by Gasteiger charge is -2.17. The molecule has 0 fully saturated rings. The zero-order valence-electron chi connectivity index (χ0n) is 5.28. The Morgan fingerprint density at radius 1 is 1.56 bits per heavy atom. The highest BCUT2D eigenvalue weighted by Gasteiger charge is 2.05. The van der Waals surface area contributed by atoms with E-state index in [2.05, 4.69) is 0 Å². The fraction of sp³-hybridized carbons (Fsp3) is 0.286. The van der Waals surface area contributed by atoms with Gasteiger partial charge in [-0.3, -0.25) is 4.90 Å². The second-order valence-corrected chi connectivity index (χ2v) is 1.97. The first-order valence-corrected chi connectivity index (χ1v) is 2.87. The lowest BCUT2D eigenvalue weighted by atomic mass is 10.2. The van der Waals surface area contributed by atoms with E-state index in [4.69, 9.17) is 5.26 Å². The summed E-state index contributed by atoms with van der Waals surface area (Å²) in [6.07, 6.45) is 9.59. The molecule has 1 heterocycles. The van der Waals surface area contributed by atoms with Crippen LogP contribution in [0.4, 0.5) is 0 Å². The molecule has 0 spiro atoms. The molecule has 0 bridgehead atoms. The molecule has 0 saturated carbocycles. The van der Waals surface area contributed by atoms with Gasteiger partial charge in [0.1, 0.15) is 0 Å². The third-order valence-electron chi connectivity index (χ3n) is 1.30. The van der Waals surface area contributed by atoms with Gasteiger partial charge in [-0.05, 0) is 13.0 Å². The van der Waals surface area contributed by atoms with E-state index in [1.807, 2.05) is 31.3 Å². The Bertz CT molecular complexity index is 186. The molecule has 0 radical (unpaired) electrons. The summed E-state index contributed by atoms with van der Waals surface area (Å²) in [5.74, 6) is 0. The summed E-state index contributed by atoms with van der Waals surface area (Å²) >= 11 is 0. The molecule has 1 rings (SSSR count). The first-order valence-electron chi connectivity index (χ1n) is 2.87. The number of rotatable bonds is 0. The number of nitriles is 1. The van der Waals surface area contributed by atoms with Gasteiger partial charge in [0.05, 0.1) is 6.04 Å². The first kappa shape index (κ1) is 5.90. The van der Waals surface area contributed by atoms with Crippen LogP contribution in [0.5, 0.6) is 0 Å². The molecule has 0 aliphatic carbocycles. The molecule has 1 aliphatic rings. The summed E-state index contributed by atoms with van der Waals surface area (Å²) in [5.41, 5.74) is 0. The molecule has 9 heavy (non-hydrogen) atoms. The predicted molar refractivity (Wildman–Crippen MR) is 35.2 cm³/mol. The van der Waals surface area contributed by atoms with Crippen LogP contribution in [0.25, 0.3) is 0 Å². The van der Waals surface area contributed by atoms with E-state index in [0.717, 1.165) is 0 Å². The van der Waals surface area contributed by atoms with Crippen molar-refractivity contribution in [3.05, 3.63) is 24.4 Å². The number of nitrogens with zero attached hydrogens (tertiary/aromatic N) is 2. The topological polar surface area (TPSA) is 27.0 Å². The quantitative estimate of drug-likeness (QED) is 0.450. The molecule has 0 amide bonds. The Balaban J connectivity index is 2.68. The van der Waals surface area contributed by atoms with Crippen LogP contribution in [-0.4, -0.2) is 10.9 Å². The second-order valence-electron chi connectivity index (χ2n) is 1.97. The fourth-order valence-electron chi connectivity index (χ4n) is 0.720. The first-order chi connectivity index (χ1) is 4.34. The normalized spacial score (nSPS) is 24.0. The Kier molecular flexibility index (Phi) is 1.55. The van der Waals surface area contributed by atoms with Crippen molar-refractivity contribution in [2.24, 2.45) is 0 Å². The van der Waals surface area contributed by atoms with Crippen LogP contribution < -0.4 is 0 Å². The molecule has 0 saturated heterocycles. The molecular formula is C7H8N2. The average molecular weight is 120 g/mol. The van der Waals surface area contributed by atoms with Crippen molar-refractivity contribution < 1.29 is 0 Å². The van der Waals surface area contributed by atoms with Crippen LogP contribution in [0.15, 0.2) is 24.4 Å². The van der Waals surface area contributed by atoms with E-state index < -0.39 is 0 Å². The number of hydrogen-bond acceptors (Lipinski definition) is 2. The summed E-state index contributed by atoms with van der Waals surface area (Å²) in [7, 11) is 0. The van der Waals surface area contributed by atoms with Gasteiger partial charge in [0.15, 0.2) is 6.19 Å². The fourth-order valence-corrected chi connectivity index (χ4v) is 0.720. The lowest BCUT2D eigenvalue weighted by Crippen LogP contribution is -2.22. The maximum Gasteiger partial charge on any atom is 0.184 e. The zero-order chi connectivity index (χ0) is 6.69. The molecule has 1 aliphatic heterocycles. The second kappa shape index (κ2) is 2.36. The molecular weight excluding hydrogens is 112 g/mol. The Labute approximate surface area is 54.7 Å². The van der Waals surface area contributed by atoms with Gasteiger partial charge in [0.2, 0.25) is 0 Å². The van der Waals surface area contributed by atoms with Crippen molar-refractivity contribution in [3.8, 4) is 6.19 Å². The van der Waals surface area contributed by atoms with E-state index in [1.54, 1.807) is 11.1 Å². The summed E-state index contributed by atoms with van der Waals surface area (Å²) in [6, 6.07) is 0.222. The third-order valence-corrected chi connectivity index (χ3v) is 1.30. The Morgan fingerprint density at radius 3 is 2.78 bits per heavy atom. The third kappa shape index (κ3) is 1.11. The molecule has 46 valence electrons. The highest BCUT2D eigenvalue weighted by Crippen LogP contribution is 2.04. The largest absolute Gasteiger partial charge is 0.280 e. The summed E-state index contributed by atoms with van der Waals surface area (Å²) in [5, 5.41) is 8.45. The molecule has 2 nitrogen and oxygen atoms in total. The minimum absolute atomic E-state index is 0.222. The zero-order valence-corrected chi connectivity index (χ0v) is 5.28. The van der Waals surface area contributed by atoms with Gasteiger partial charge >= 0.3 is 0 Å². The number of allylic oxidation sites excluding steroid dienone is 2. The van der Waals surface area contributed by atoms with Crippen LogP contribution >= 0.6 is 0 Å². The van der Waals surface area contributed by atoms with Crippen LogP contribution in [0.3, 0.4) is 0 Å². The maximum absolute atomic E-state index is 8.45. The average Bonchev–Trinajstić information content (AvgIpc) is 1.89. The standard InChI is InChI=1S/C7H8N2/c1-7-4-2-3-5-9(7)6-8/h2-5,7H,1H3. The molecule has 1 atom stereocenters. The molecule has 0 aromatic rings. The van der Waals surface area contributed by atoms with Gasteiger partial charge in [-0.1, -0.05) is 12.2 Å². The van der Waals surface area contributed by atoms with Crippen LogP contribution in [0.1, 0.15) is 6.92 Å². The van der Waals surface area contributed by atoms with E-state index >= 15 is 0 Å². The molecule has 2 heteroatoms. The van der Waals surface area contributed by atoms with Gasteiger partial charge in [-0.15, -0.1) is 0 Å². The summed E-state index contributed by atoms with van der Waals surface area (Å²) < 4.78 is 0. The van der Waals surface area contributed by atoms with Crippen molar-refractivity contribution in [3.63, 3.8) is 0 Å². The molecule has 0 aromatic heterocycles. The van der Waals surface area contributed by atoms with Crippen LogP contribution in [-0.2, 0) is 0 Å². The van der Waals surface area contributed by atoms with Crippen LogP contribution in [0, 0.1) is 11.5 Å². The van der Waals surface area contributed by atoms with Crippen molar-refractivity contribution in [2.45, 2.75) is 13.0 Å². The highest BCUT2D eigenvalue weighted by atomic mass is 15.1. The van der Waals surface area contributed by atoms with Crippen molar-refractivity contribution in [1.82, 2.24) is 4.90 Å². The van der Waals surface area contributed by atoms with E-state index in [0.29, 0.717) is 0 Å². The smallest absolute Gasteiger partial charge is 0.184 e. The van der Waals surface area contributed by atoms with Gasteiger partial charge in [-0.2, -0.15) is 5.26 Å². The van der Waals surface area contributed by atoms with Crippen molar-refractivity contribution in [2.75, 3.05) is 0 Å². The SMILES string of the molecule is CC1C=CC=CN1C#N. The lowest BCUT2D eigenvalue weighted by molar-refractivity contribution is 0.464. The summed E-state index contributed by atoms with van der Waals surface area (Å²) in [6.45, 7) is 1.98. The van der Waals surface area contributed by atoms with Gasteiger partial charge in [0, 0.05) is 6.20 Å². The van der Waals surface area contributed by atoms with Crippen molar-refractivity contribution in [1.29, 1.82) is 5.26 Å². The van der Waals surface area contributed by atoms with E-state index in [-0.39, 0.29) is 6.04 Å². The van der Waals surface area contributed by atoms with Gasteiger partial charge in [-0.25, -0.2) is 0 Å². The van der Waals surface area contributed by atoms with Crippen LogP contribution in [0.2, 0.25) is 0 Å². The summed E-state index contributed by atoms with van der Waals surface area (Å²) in [4.78, 5) is 1.60. The predicted octanol–water partition coefficient (Wildman–Crippen LogP) is 1.24. The van der Waals surface area contributed by atoms with Gasteiger partial charge in [0.25, 0.3) is 0 Å². The molecule has 0 aromatic carbocycles. The van der Waals surface area contributed by atoms with Crippen molar-refractivity contribution >= 4 is 0 Å². The van der Waals surface area contributed by atoms with E-state index in [9.17, 15) is 0 Å².